The molecule has 2 saturated heterocycles. The van der Waals surface area contributed by atoms with Crippen LogP contribution in [0.15, 0.2) is 24.3 Å². The third-order valence-corrected chi connectivity index (χ3v) is 4.04. The van der Waals surface area contributed by atoms with Crippen molar-refractivity contribution in [2.75, 3.05) is 11.4 Å². The molecule has 2 fully saturated rings. The SMILES string of the molecule is CC(=O)c1ccc(N2C(=O)C3C(O)CCCN3C2=O)cc1. The van der Waals surface area contributed by atoms with Crippen molar-refractivity contribution < 1.29 is 19.5 Å². The highest BCUT2D eigenvalue weighted by Crippen LogP contribution is 2.31. The Kier molecular flexibility index (Phi) is 3.25. The van der Waals surface area contributed by atoms with E-state index in [0.717, 1.165) is 4.90 Å². The van der Waals surface area contributed by atoms with Gasteiger partial charge in [0, 0.05) is 12.1 Å². The average molecular weight is 288 g/mol. The van der Waals surface area contributed by atoms with Crippen LogP contribution in [0.5, 0.6) is 0 Å². The topological polar surface area (TPSA) is 77.9 Å². The monoisotopic (exact) mass is 288 g/mol. The lowest BCUT2D eigenvalue weighted by atomic mass is 10.00. The quantitative estimate of drug-likeness (QED) is 0.655. The molecule has 0 spiro atoms. The molecule has 3 rings (SSSR count). The van der Waals surface area contributed by atoms with Crippen LogP contribution in [0.25, 0.3) is 0 Å². The lowest BCUT2D eigenvalue weighted by molar-refractivity contribution is -0.124. The molecule has 6 nitrogen and oxygen atoms in total. The van der Waals surface area contributed by atoms with Crippen LogP contribution < -0.4 is 4.90 Å². The molecular formula is C15H16N2O4. The molecule has 1 aromatic rings. The molecule has 0 bridgehead atoms. The van der Waals surface area contributed by atoms with E-state index in [1.165, 1.54) is 11.8 Å². The number of imide groups is 1. The Labute approximate surface area is 122 Å². The van der Waals surface area contributed by atoms with Gasteiger partial charge in [-0.15, -0.1) is 0 Å². The molecular weight excluding hydrogens is 272 g/mol. The smallest absolute Gasteiger partial charge is 0.332 e. The zero-order valence-electron chi connectivity index (χ0n) is 11.7. The van der Waals surface area contributed by atoms with Gasteiger partial charge in [-0.05, 0) is 44.0 Å². The van der Waals surface area contributed by atoms with Crippen LogP contribution in [-0.2, 0) is 4.79 Å². The Balaban J connectivity index is 1.93. The zero-order chi connectivity index (χ0) is 15.1. The van der Waals surface area contributed by atoms with Crippen molar-refractivity contribution in [2.24, 2.45) is 0 Å². The van der Waals surface area contributed by atoms with Crippen molar-refractivity contribution >= 4 is 23.4 Å². The Bertz CT molecular complexity index is 611. The number of hydrogen-bond donors (Lipinski definition) is 1. The number of urea groups is 1. The number of carbonyl (C=O) groups is 3. The normalized spacial score (nSPS) is 25.2. The van der Waals surface area contributed by atoms with Gasteiger partial charge in [-0.1, -0.05) is 0 Å². The van der Waals surface area contributed by atoms with Crippen LogP contribution in [0.3, 0.4) is 0 Å². The van der Waals surface area contributed by atoms with E-state index in [2.05, 4.69) is 0 Å². The zero-order valence-corrected chi connectivity index (χ0v) is 11.7. The molecule has 2 aliphatic heterocycles. The maximum absolute atomic E-state index is 12.4. The minimum absolute atomic E-state index is 0.0755. The first-order valence-corrected chi connectivity index (χ1v) is 6.94. The highest BCUT2D eigenvalue weighted by Gasteiger charge is 2.50. The first-order valence-electron chi connectivity index (χ1n) is 6.94. The van der Waals surface area contributed by atoms with Crippen molar-refractivity contribution in [3.8, 4) is 0 Å². The first-order chi connectivity index (χ1) is 10.0. The molecule has 6 heteroatoms. The summed E-state index contributed by atoms with van der Waals surface area (Å²) in [5.74, 6) is -0.476. The lowest BCUT2D eigenvalue weighted by Gasteiger charge is -2.30. The van der Waals surface area contributed by atoms with E-state index in [-0.39, 0.29) is 5.78 Å². The summed E-state index contributed by atoms with van der Waals surface area (Å²) in [6.45, 7) is 1.94. The highest BCUT2D eigenvalue weighted by molar-refractivity contribution is 6.21. The fourth-order valence-electron chi connectivity index (χ4n) is 2.93. The number of aliphatic hydroxyl groups excluding tert-OH is 1. The van der Waals surface area contributed by atoms with Crippen molar-refractivity contribution in [2.45, 2.75) is 31.9 Å². The Morgan fingerprint density at radius 2 is 1.90 bits per heavy atom. The Hall–Kier alpha value is -2.21. The van der Waals surface area contributed by atoms with Gasteiger partial charge in [0.1, 0.15) is 6.04 Å². The molecule has 1 N–H and O–H groups in total. The number of nitrogens with zero attached hydrogens (tertiary/aromatic N) is 2. The molecule has 0 saturated carbocycles. The number of carbonyl (C=O) groups excluding carboxylic acids is 3. The Morgan fingerprint density at radius 1 is 1.24 bits per heavy atom. The van der Waals surface area contributed by atoms with Gasteiger partial charge in [-0.2, -0.15) is 0 Å². The number of hydrogen-bond acceptors (Lipinski definition) is 4. The van der Waals surface area contributed by atoms with Crippen molar-refractivity contribution in [1.82, 2.24) is 4.90 Å². The molecule has 2 atom stereocenters. The number of amides is 3. The fourth-order valence-corrected chi connectivity index (χ4v) is 2.93. The lowest BCUT2D eigenvalue weighted by Crippen LogP contribution is -2.48. The number of benzene rings is 1. The summed E-state index contributed by atoms with van der Waals surface area (Å²) in [4.78, 5) is 38.6. The van der Waals surface area contributed by atoms with Gasteiger partial charge < -0.3 is 10.0 Å². The standard InChI is InChI=1S/C15H16N2O4/c1-9(18)10-4-6-11(7-5-10)17-14(20)13-12(19)3-2-8-16(13)15(17)21/h4-7,12-13,19H,2-3,8H2,1H3. The fraction of sp³-hybridized carbons (Fsp3) is 0.400. The number of anilines is 1. The summed E-state index contributed by atoms with van der Waals surface area (Å²) in [7, 11) is 0. The van der Waals surface area contributed by atoms with Gasteiger partial charge in [-0.3, -0.25) is 9.59 Å². The molecule has 1 aromatic carbocycles. The molecule has 2 unspecified atom stereocenters. The number of fused-ring (bicyclic) bond motifs is 1. The summed E-state index contributed by atoms with van der Waals surface area (Å²) >= 11 is 0. The number of ketones is 1. The number of rotatable bonds is 2. The van der Waals surface area contributed by atoms with Crippen LogP contribution in [-0.4, -0.2) is 46.4 Å². The predicted molar refractivity (Wildman–Crippen MR) is 75.1 cm³/mol. The maximum Gasteiger partial charge on any atom is 0.332 e. The molecule has 110 valence electrons. The van der Waals surface area contributed by atoms with Gasteiger partial charge in [-0.25, -0.2) is 9.69 Å². The second-order valence-electron chi connectivity index (χ2n) is 5.41. The second-order valence-corrected chi connectivity index (χ2v) is 5.41. The summed E-state index contributed by atoms with van der Waals surface area (Å²) in [5, 5.41) is 9.96. The van der Waals surface area contributed by atoms with Gasteiger partial charge in [0.25, 0.3) is 5.91 Å². The van der Waals surface area contributed by atoms with E-state index in [9.17, 15) is 19.5 Å². The van der Waals surface area contributed by atoms with E-state index in [1.807, 2.05) is 0 Å². The van der Waals surface area contributed by atoms with Gasteiger partial charge in [0.15, 0.2) is 5.78 Å². The molecule has 21 heavy (non-hydrogen) atoms. The third-order valence-electron chi connectivity index (χ3n) is 4.04. The van der Waals surface area contributed by atoms with Crippen LogP contribution in [0.2, 0.25) is 0 Å². The number of piperidine rings is 1. The molecule has 0 aromatic heterocycles. The van der Waals surface area contributed by atoms with Crippen LogP contribution in [0.4, 0.5) is 10.5 Å². The molecule has 2 heterocycles. The molecule has 0 radical (unpaired) electrons. The van der Waals surface area contributed by atoms with E-state index in [1.54, 1.807) is 24.3 Å². The van der Waals surface area contributed by atoms with Gasteiger partial charge in [0.2, 0.25) is 0 Å². The van der Waals surface area contributed by atoms with Crippen LogP contribution in [0.1, 0.15) is 30.1 Å². The highest BCUT2D eigenvalue weighted by atomic mass is 16.3. The molecule has 2 aliphatic rings. The van der Waals surface area contributed by atoms with Crippen LogP contribution >= 0.6 is 0 Å². The van der Waals surface area contributed by atoms with E-state index in [4.69, 9.17) is 0 Å². The largest absolute Gasteiger partial charge is 0.390 e. The summed E-state index contributed by atoms with van der Waals surface area (Å²) in [5.41, 5.74) is 0.951. The second kappa shape index (κ2) is 4.96. The molecule has 0 aliphatic carbocycles. The maximum atomic E-state index is 12.4. The van der Waals surface area contributed by atoms with Crippen LogP contribution in [0, 0.1) is 0 Å². The van der Waals surface area contributed by atoms with Gasteiger partial charge >= 0.3 is 6.03 Å². The minimum atomic E-state index is -0.809. The van der Waals surface area contributed by atoms with E-state index >= 15 is 0 Å². The average Bonchev–Trinajstić information content (AvgIpc) is 2.72. The number of Topliss-reactive ketones (excluding diaryl/α,β-unsaturated/α-hetero) is 1. The van der Waals surface area contributed by atoms with Crippen molar-refractivity contribution in [3.05, 3.63) is 29.8 Å². The summed E-state index contributed by atoms with van der Waals surface area (Å²) < 4.78 is 0. The van der Waals surface area contributed by atoms with Gasteiger partial charge in [0.05, 0.1) is 11.8 Å². The predicted octanol–water partition coefficient (Wildman–Crippen LogP) is 1.18. The minimum Gasteiger partial charge on any atom is -0.390 e. The summed E-state index contributed by atoms with van der Waals surface area (Å²) in [6.07, 6.45) is 0.405. The third kappa shape index (κ3) is 2.12. The first kappa shape index (κ1) is 13.8. The van der Waals surface area contributed by atoms with E-state index < -0.39 is 24.1 Å². The Morgan fingerprint density at radius 3 is 2.48 bits per heavy atom. The van der Waals surface area contributed by atoms with Crippen molar-refractivity contribution in [3.63, 3.8) is 0 Å². The molecule has 3 amide bonds. The number of aliphatic hydroxyl groups is 1. The van der Waals surface area contributed by atoms with E-state index in [0.29, 0.717) is 30.6 Å². The van der Waals surface area contributed by atoms with Crippen molar-refractivity contribution in [1.29, 1.82) is 0 Å². The summed E-state index contributed by atoms with van der Waals surface area (Å²) in [6, 6.07) is 5.16.